The van der Waals surface area contributed by atoms with Gasteiger partial charge in [-0.2, -0.15) is 0 Å². The van der Waals surface area contributed by atoms with Crippen LogP contribution in [0.5, 0.6) is 0 Å². The van der Waals surface area contributed by atoms with Crippen LogP contribution in [0.25, 0.3) is 0 Å². The summed E-state index contributed by atoms with van der Waals surface area (Å²) in [7, 11) is 0. The van der Waals surface area contributed by atoms with Gasteiger partial charge in [0, 0.05) is 5.25 Å². The van der Waals surface area contributed by atoms with E-state index in [1.165, 1.54) is 11.8 Å². The second-order valence-electron chi connectivity index (χ2n) is 3.45. The van der Waals surface area contributed by atoms with E-state index in [1.807, 2.05) is 6.92 Å². The van der Waals surface area contributed by atoms with Crippen molar-refractivity contribution in [3.05, 3.63) is 28.2 Å². The molecular weight excluding hydrogens is 281 g/mol. The van der Waals surface area contributed by atoms with E-state index in [0.717, 1.165) is 0 Å². The standard InChI is InChI=1S/C11H13Cl2NO2S/c1-7(5-15)17-6-10(16)14-11-8(12)3-2-4-9(11)13/h2-4,7,15H,5-6H2,1H3,(H,14,16). The molecule has 6 heteroatoms. The van der Waals surface area contributed by atoms with Gasteiger partial charge in [0.25, 0.3) is 0 Å². The SMILES string of the molecule is CC(CO)SCC(=O)Nc1c(Cl)cccc1Cl. The molecule has 2 N–H and O–H groups in total. The Morgan fingerprint density at radius 3 is 2.59 bits per heavy atom. The fraction of sp³-hybridized carbons (Fsp3) is 0.364. The molecule has 0 heterocycles. The number of halogens is 2. The summed E-state index contributed by atoms with van der Waals surface area (Å²) in [4.78, 5) is 11.6. The van der Waals surface area contributed by atoms with E-state index >= 15 is 0 Å². The molecule has 1 unspecified atom stereocenters. The van der Waals surface area contributed by atoms with Crippen LogP contribution in [0.15, 0.2) is 18.2 Å². The quantitative estimate of drug-likeness (QED) is 0.877. The summed E-state index contributed by atoms with van der Waals surface area (Å²) in [5.41, 5.74) is 0.429. The molecule has 0 fully saturated rings. The molecule has 0 aliphatic rings. The predicted octanol–water partition coefficient (Wildman–Crippen LogP) is 3.05. The second-order valence-corrected chi connectivity index (χ2v) is 5.69. The highest BCUT2D eigenvalue weighted by atomic mass is 35.5. The number of anilines is 1. The molecular formula is C11H13Cl2NO2S. The van der Waals surface area contributed by atoms with Crippen molar-refractivity contribution >= 4 is 46.6 Å². The Labute approximate surface area is 114 Å². The molecule has 0 aromatic heterocycles. The van der Waals surface area contributed by atoms with Gasteiger partial charge in [0.2, 0.25) is 5.91 Å². The number of nitrogens with one attached hydrogen (secondary N) is 1. The normalized spacial score (nSPS) is 12.2. The summed E-state index contributed by atoms with van der Waals surface area (Å²) in [6, 6.07) is 5.03. The van der Waals surface area contributed by atoms with E-state index in [-0.39, 0.29) is 23.5 Å². The summed E-state index contributed by atoms with van der Waals surface area (Å²) in [6.07, 6.45) is 0. The van der Waals surface area contributed by atoms with Crippen LogP contribution in [-0.2, 0) is 4.79 Å². The number of hydrogen-bond donors (Lipinski definition) is 2. The monoisotopic (exact) mass is 293 g/mol. The zero-order valence-corrected chi connectivity index (χ0v) is 11.6. The van der Waals surface area contributed by atoms with Crippen molar-refractivity contribution < 1.29 is 9.90 Å². The fourth-order valence-corrected chi connectivity index (χ4v) is 2.17. The van der Waals surface area contributed by atoms with Crippen molar-refractivity contribution in [1.29, 1.82) is 0 Å². The number of aliphatic hydroxyl groups is 1. The maximum absolute atomic E-state index is 11.6. The van der Waals surface area contributed by atoms with Gasteiger partial charge >= 0.3 is 0 Å². The maximum Gasteiger partial charge on any atom is 0.234 e. The van der Waals surface area contributed by atoms with Gasteiger partial charge in [0.15, 0.2) is 0 Å². The summed E-state index contributed by atoms with van der Waals surface area (Å²) in [5, 5.41) is 12.3. The Balaban J connectivity index is 2.56. The van der Waals surface area contributed by atoms with Crippen molar-refractivity contribution in [2.75, 3.05) is 17.7 Å². The first kappa shape index (κ1) is 14.6. The molecule has 0 aliphatic carbocycles. The first-order chi connectivity index (χ1) is 8.04. The molecule has 3 nitrogen and oxygen atoms in total. The summed E-state index contributed by atoms with van der Waals surface area (Å²) >= 11 is 13.2. The first-order valence-electron chi connectivity index (χ1n) is 5.01. The first-order valence-corrected chi connectivity index (χ1v) is 6.81. The summed E-state index contributed by atoms with van der Waals surface area (Å²) in [6.45, 7) is 1.89. The highest BCUT2D eigenvalue weighted by molar-refractivity contribution is 8.00. The smallest absolute Gasteiger partial charge is 0.234 e. The van der Waals surface area contributed by atoms with Crippen LogP contribution in [0.2, 0.25) is 10.0 Å². The number of thioether (sulfide) groups is 1. The summed E-state index contributed by atoms with van der Waals surface area (Å²) < 4.78 is 0. The van der Waals surface area contributed by atoms with Gasteiger partial charge in [-0.1, -0.05) is 36.2 Å². The molecule has 94 valence electrons. The van der Waals surface area contributed by atoms with E-state index in [0.29, 0.717) is 15.7 Å². The Bertz CT molecular complexity index is 381. The zero-order valence-electron chi connectivity index (χ0n) is 9.24. The minimum absolute atomic E-state index is 0.0301. The largest absolute Gasteiger partial charge is 0.395 e. The molecule has 1 aromatic rings. The lowest BCUT2D eigenvalue weighted by molar-refractivity contribution is -0.113. The van der Waals surface area contributed by atoms with Gasteiger partial charge in [0.1, 0.15) is 0 Å². The molecule has 0 aliphatic heterocycles. The maximum atomic E-state index is 11.6. The highest BCUT2D eigenvalue weighted by Gasteiger charge is 2.10. The van der Waals surface area contributed by atoms with Crippen molar-refractivity contribution in [3.8, 4) is 0 Å². The average molecular weight is 294 g/mol. The lowest BCUT2D eigenvalue weighted by Crippen LogP contribution is -2.17. The number of amides is 1. The molecule has 0 saturated heterocycles. The zero-order chi connectivity index (χ0) is 12.8. The molecule has 17 heavy (non-hydrogen) atoms. The van der Waals surface area contributed by atoms with Crippen molar-refractivity contribution in [3.63, 3.8) is 0 Å². The molecule has 1 aromatic carbocycles. The van der Waals surface area contributed by atoms with Gasteiger partial charge in [0.05, 0.1) is 28.1 Å². The third-order valence-electron chi connectivity index (χ3n) is 1.98. The van der Waals surface area contributed by atoms with Crippen LogP contribution >= 0.6 is 35.0 Å². The minimum Gasteiger partial charge on any atom is -0.395 e. The Hall–Kier alpha value is -0.420. The number of aliphatic hydroxyl groups excluding tert-OH is 1. The average Bonchev–Trinajstić information content (AvgIpc) is 2.31. The second kappa shape index (κ2) is 7.11. The van der Waals surface area contributed by atoms with Crippen LogP contribution in [0.1, 0.15) is 6.92 Å². The number of hydrogen-bond acceptors (Lipinski definition) is 3. The highest BCUT2D eigenvalue weighted by Crippen LogP contribution is 2.29. The van der Waals surface area contributed by atoms with E-state index in [9.17, 15) is 4.79 Å². The Morgan fingerprint density at radius 2 is 2.06 bits per heavy atom. The van der Waals surface area contributed by atoms with Gasteiger partial charge in [-0.3, -0.25) is 4.79 Å². The summed E-state index contributed by atoms with van der Waals surface area (Å²) in [5.74, 6) is 0.0637. The lowest BCUT2D eigenvalue weighted by atomic mass is 10.3. The van der Waals surface area contributed by atoms with Crippen LogP contribution in [-0.4, -0.2) is 28.6 Å². The third kappa shape index (κ3) is 4.76. The number of rotatable bonds is 5. The predicted molar refractivity (Wildman–Crippen MR) is 74.1 cm³/mol. The number of carbonyl (C=O) groups excluding carboxylic acids is 1. The molecule has 0 bridgehead atoms. The number of para-hydroxylation sites is 1. The van der Waals surface area contributed by atoms with Crippen LogP contribution in [0.4, 0.5) is 5.69 Å². The van der Waals surface area contributed by atoms with Gasteiger partial charge < -0.3 is 10.4 Å². The van der Waals surface area contributed by atoms with E-state index in [4.69, 9.17) is 28.3 Å². The van der Waals surface area contributed by atoms with Crippen molar-refractivity contribution in [1.82, 2.24) is 0 Å². The van der Waals surface area contributed by atoms with E-state index in [1.54, 1.807) is 18.2 Å². The molecule has 1 atom stereocenters. The number of carbonyl (C=O) groups is 1. The molecule has 1 amide bonds. The molecule has 0 radical (unpaired) electrons. The van der Waals surface area contributed by atoms with Gasteiger partial charge in [-0.25, -0.2) is 0 Å². The minimum atomic E-state index is -0.190. The molecule has 1 rings (SSSR count). The van der Waals surface area contributed by atoms with Crippen LogP contribution < -0.4 is 5.32 Å². The third-order valence-corrected chi connectivity index (χ3v) is 3.76. The van der Waals surface area contributed by atoms with Crippen molar-refractivity contribution in [2.45, 2.75) is 12.2 Å². The number of benzene rings is 1. The Kier molecular flexibility index (Phi) is 6.12. The van der Waals surface area contributed by atoms with Gasteiger partial charge in [-0.05, 0) is 12.1 Å². The fourth-order valence-electron chi connectivity index (χ4n) is 1.06. The molecule has 0 saturated carbocycles. The van der Waals surface area contributed by atoms with Crippen molar-refractivity contribution in [2.24, 2.45) is 0 Å². The van der Waals surface area contributed by atoms with E-state index < -0.39 is 0 Å². The topological polar surface area (TPSA) is 49.3 Å². The lowest BCUT2D eigenvalue weighted by Gasteiger charge is -2.10. The van der Waals surface area contributed by atoms with Crippen LogP contribution in [0.3, 0.4) is 0 Å². The molecule has 0 spiro atoms. The van der Waals surface area contributed by atoms with Gasteiger partial charge in [-0.15, -0.1) is 11.8 Å². The Morgan fingerprint density at radius 1 is 1.47 bits per heavy atom. The van der Waals surface area contributed by atoms with Crippen LogP contribution in [0, 0.1) is 0 Å². The van der Waals surface area contributed by atoms with E-state index in [2.05, 4.69) is 5.32 Å².